The predicted octanol–water partition coefficient (Wildman–Crippen LogP) is 3.15. The Balaban J connectivity index is 1.74. The van der Waals surface area contributed by atoms with Crippen molar-refractivity contribution < 1.29 is 9.47 Å². The molecule has 0 radical (unpaired) electrons. The molecule has 2 saturated heterocycles. The first-order chi connectivity index (χ1) is 10.2. The number of aryl methyl sites for hydroxylation is 1. The second-order valence-electron chi connectivity index (χ2n) is 6.16. The maximum atomic E-state index is 6.43. The van der Waals surface area contributed by atoms with Gasteiger partial charge < -0.3 is 14.8 Å². The van der Waals surface area contributed by atoms with Crippen LogP contribution in [0.1, 0.15) is 30.4 Å². The van der Waals surface area contributed by atoms with Gasteiger partial charge in [0.15, 0.2) is 0 Å². The average Bonchev–Trinajstić information content (AvgIpc) is 2.91. The molecule has 2 fully saturated rings. The molecule has 0 aromatic heterocycles. The molecule has 3 nitrogen and oxygen atoms in total. The van der Waals surface area contributed by atoms with Gasteiger partial charge in [-0.15, -0.1) is 0 Å². The van der Waals surface area contributed by atoms with E-state index in [-0.39, 0.29) is 11.7 Å². The maximum Gasteiger partial charge on any atom is 0.127 e. The van der Waals surface area contributed by atoms with Crippen molar-refractivity contribution in [3.63, 3.8) is 0 Å². The largest absolute Gasteiger partial charge is 0.490 e. The summed E-state index contributed by atoms with van der Waals surface area (Å²) in [5.41, 5.74) is 2.56. The Kier molecular flexibility index (Phi) is 4.77. The van der Waals surface area contributed by atoms with Crippen LogP contribution in [0.2, 0.25) is 0 Å². The summed E-state index contributed by atoms with van der Waals surface area (Å²) in [5.74, 6) is 3.42. The van der Waals surface area contributed by atoms with E-state index in [1.807, 2.05) is 18.8 Å². The van der Waals surface area contributed by atoms with Gasteiger partial charge in [-0.05, 0) is 31.7 Å². The first-order valence-electron chi connectivity index (χ1n) is 7.84. The van der Waals surface area contributed by atoms with Gasteiger partial charge in [0, 0.05) is 30.7 Å². The standard InChI is InChI=1S/C17H25NO2S/c1-13-4-3-5-14(11-18-2)16(13)20-15-6-8-19-17(10-15)7-9-21-12-17/h3-5,15,18H,6-12H2,1-2H3. The number of ether oxygens (including phenoxy) is 2. The molecule has 2 atom stereocenters. The smallest absolute Gasteiger partial charge is 0.127 e. The molecule has 0 aliphatic carbocycles. The third-order valence-corrected chi connectivity index (χ3v) is 5.68. The Labute approximate surface area is 131 Å². The van der Waals surface area contributed by atoms with Gasteiger partial charge in [-0.3, -0.25) is 0 Å². The maximum absolute atomic E-state index is 6.43. The molecule has 0 saturated carbocycles. The minimum Gasteiger partial charge on any atom is -0.490 e. The molecule has 2 heterocycles. The van der Waals surface area contributed by atoms with Crippen LogP contribution < -0.4 is 10.1 Å². The first-order valence-corrected chi connectivity index (χ1v) is 8.99. The summed E-state index contributed by atoms with van der Waals surface area (Å²) >= 11 is 2.01. The van der Waals surface area contributed by atoms with Crippen molar-refractivity contribution in [3.05, 3.63) is 29.3 Å². The normalized spacial score (nSPS) is 29.0. The molecule has 21 heavy (non-hydrogen) atoms. The summed E-state index contributed by atoms with van der Waals surface area (Å²) in [6, 6.07) is 6.39. The number of benzene rings is 1. The molecule has 4 heteroatoms. The third kappa shape index (κ3) is 3.38. The summed E-state index contributed by atoms with van der Waals surface area (Å²) < 4.78 is 12.5. The van der Waals surface area contributed by atoms with Crippen LogP contribution >= 0.6 is 11.8 Å². The van der Waals surface area contributed by atoms with Gasteiger partial charge in [-0.2, -0.15) is 11.8 Å². The van der Waals surface area contributed by atoms with E-state index in [1.54, 1.807) is 0 Å². The zero-order chi connectivity index (χ0) is 14.7. The van der Waals surface area contributed by atoms with Crippen molar-refractivity contribution in [1.29, 1.82) is 0 Å². The SMILES string of the molecule is CNCc1cccc(C)c1OC1CCOC2(CCSC2)C1. The number of thioether (sulfide) groups is 1. The first kappa shape index (κ1) is 15.2. The van der Waals surface area contributed by atoms with Crippen LogP contribution in [0.4, 0.5) is 0 Å². The number of rotatable bonds is 4. The monoisotopic (exact) mass is 307 g/mol. The van der Waals surface area contributed by atoms with Gasteiger partial charge in [0.1, 0.15) is 11.9 Å². The molecule has 2 aliphatic heterocycles. The molecule has 0 bridgehead atoms. The topological polar surface area (TPSA) is 30.5 Å². The lowest BCUT2D eigenvalue weighted by molar-refractivity contribution is -0.0961. The highest BCUT2D eigenvalue weighted by atomic mass is 32.2. The van der Waals surface area contributed by atoms with E-state index in [0.29, 0.717) is 0 Å². The Morgan fingerprint density at radius 1 is 1.48 bits per heavy atom. The minimum absolute atomic E-state index is 0.0828. The summed E-state index contributed by atoms with van der Waals surface area (Å²) in [5, 5.41) is 3.23. The van der Waals surface area contributed by atoms with Gasteiger partial charge >= 0.3 is 0 Å². The van der Waals surface area contributed by atoms with Gasteiger partial charge in [-0.1, -0.05) is 18.2 Å². The summed E-state index contributed by atoms with van der Waals surface area (Å²) in [6.07, 6.45) is 3.50. The van der Waals surface area contributed by atoms with E-state index in [9.17, 15) is 0 Å². The zero-order valence-electron chi connectivity index (χ0n) is 13.0. The summed E-state index contributed by atoms with van der Waals surface area (Å²) in [6.45, 7) is 3.81. The van der Waals surface area contributed by atoms with Gasteiger partial charge in [0.05, 0.1) is 12.2 Å². The molecule has 2 aliphatic rings. The minimum atomic E-state index is 0.0828. The molecular weight excluding hydrogens is 282 g/mol. The molecule has 1 spiro atoms. The number of para-hydroxylation sites is 1. The van der Waals surface area contributed by atoms with Crippen molar-refractivity contribution >= 4 is 11.8 Å². The molecule has 1 N–H and O–H groups in total. The summed E-state index contributed by atoms with van der Waals surface area (Å²) in [4.78, 5) is 0. The van der Waals surface area contributed by atoms with Crippen LogP contribution in [-0.4, -0.2) is 36.9 Å². The van der Waals surface area contributed by atoms with E-state index >= 15 is 0 Å². The van der Waals surface area contributed by atoms with Gasteiger partial charge in [0.25, 0.3) is 0 Å². The molecule has 116 valence electrons. The lowest BCUT2D eigenvalue weighted by Crippen LogP contribution is -2.44. The fraction of sp³-hybridized carbons (Fsp3) is 0.647. The Morgan fingerprint density at radius 3 is 3.14 bits per heavy atom. The Morgan fingerprint density at radius 2 is 2.38 bits per heavy atom. The van der Waals surface area contributed by atoms with E-state index in [4.69, 9.17) is 9.47 Å². The molecule has 2 unspecified atom stereocenters. The fourth-order valence-corrected chi connectivity index (χ4v) is 4.70. The van der Waals surface area contributed by atoms with Crippen LogP contribution in [0.15, 0.2) is 18.2 Å². The molecular formula is C17H25NO2S. The van der Waals surface area contributed by atoms with E-state index in [1.165, 1.54) is 23.3 Å². The number of nitrogens with one attached hydrogen (secondary N) is 1. The van der Waals surface area contributed by atoms with Crippen molar-refractivity contribution in [2.24, 2.45) is 0 Å². The van der Waals surface area contributed by atoms with Gasteiger partial charge in [-0.25, -0.2) is 0 Å². The Hall–Kier alpha value is -0.710. The van der Waals surface area contributed by atoms with Crippen LogP contribution in [0.5, 0.6) is 5.75 Å². The second kappa shape index (κ2) is 6.59. The predicted molar refractivity (Wildman–Crippen MR) is 88.2 cm³/mol. The second-order valence-corrected chi connectivity index (χ2v) is 7.27. The third-order valence-electron chi connectivity index (χ3n) is 4.46. The number of hydrogen-bond acceptors (Lipinski definition) is 4. The van der Waals surface area contributed by atoms with Crippen molar-refractivity contribution in [3.8, 4) is 5.75 Å². The molecule has 1 aromatic rings. The quantitative estimate of drug-likeness (QED) is 0.925. The highest BCUT2D eigenvalue weighted by Gasteiger charge is 2.41. The van der Waals surface area contributed by atoms with Crippen LogP contribution in [0.25, 0.3) is 0 Å². The molecule has 1 aromatic carbocycles. The molecule has 0 amide bonds. The van der Waals surface area contributed by atoms with Gasteiger partial charge in [0.2, 0.25) is 0 Å². The highest BCUT2D eigenvalue weighted by molar-refractivity contribution is 7.99. The van der Waals surface area contributed by atoms with Crippen LogP contribution in [0.3, 0.4) is 0 Å². The summed E-state index contributed by atoms with van der Waals surface area (Å²) in [7, 11) is 1.98. The van der Waals surface area contributed by atoms with Crippen LogP contribution in [-0.2, 0) is 11.3 Å². The zero-order valence-corrected chi connectivity index (χ0v) is 13.8. The van der Waals surface area contributed by atoms with Crippen molar-refractivity contribution in [2.45, 2.75) is 44.4 Å². The van der Waals surface area contributed by atoms with E-state index in [2.05, 4.69) is 30.4 Å². The lowest BCUT2D eigenvalue weighted by Gasteiger charge is -2.38. The van der Waals surface area contributed by atoms with Crippen molar-refractivity contribution in [1.82, 2.24) is 5.32 Å². The average molecular weight is 307 g/mol. The molecule has 3 rings (SSSR count). The Bertz CT molecular complexity index is 486. The van der Waals surface area contributed by atoms with E-state index < -0.39 is 0 Å². The lowest BCUT2D eigenvalue weighted by atomic mass is 9.91. The highest BCUT2D eigenvalue weighted by Crippen LogP contribution is 2.39. The number of hydrogen-bond donors (Lipinski definition) is 1. The van der Waals surface area contributed by atoms with Crippen LogP contribution in [0, 0.1) is 6.92 Å². The fourth-order valence-electron chi connectivity index (χ4n) is 3.32. The van der Waals surface area contributed by atoms with Crippen molar-refractivity contribution in [2.75, 3.05) is 25.2 Å². The van der Waals surface area contributed by atoms with E-state index in [0.717, 1.165) is 37.5 Å².